The van der Waals surface area contributed by atoms with Crippen molar-refractivity contribution in [2.75, 3.05) is 25.0 Å². The van der Waals surface area contributed by atoms with E-state index in [-0.39, 0.29) is 12.5 Å². The van der Waals surface area contributed by atoms with E-state index in [9.17, 15) is 4.79 Å². The van der Waals surface area contributed by atoms with Crippen LogP contribution in [0.2, 0.25) is 0 Å². The summed E-state index contributed by atoms with van der Waals surface area (Å²) in [5, 5.41) is 18.3. The summed E-state index contributed by atoms with van der Waals surface area (Å²) in [5.74, 6) is 0.132. The van der Waals surface area contributed by atoms with Gasteiger partial charge < -0.3 is 15.0 Å². The zero-order valence-electron chi connectivity index (χ0n) is 11.7. The van der Waals surface area contributed by atoms with Gasteiger partial charge in [0.2, 0.25) is 0 Å². The molecule has 22 heavy (non-hydrogen) atoms. The molecule has 3 heterocycles. The van der Waals surface area contributed by atoms with Crippen LogP contribution in [0.4, 0.5) is 5.82 Å². The summed E-state index contributed by atoms with van der Waals surface area (Å²) in [4.78, 5) is 17.8. The SMILES string of the molecule is N#CN1CCOC(C(=O)Nc2ccc(-c3ccn[nH]3)cn2)C1. The van der Waals surface area contributed by atoms with Crippen molar-refractivity contribution in [2.45, 2.75) is 6.10 Å². The molecule has 1 unspecified atom stereocenters. The average Bonchev–Trinajstić information content (AvgIpc) is 3.10. The van der Waals surface area contributed by atoms with Crippen molar-refractivity contribution >= 4 is 11.7 Å². The smallest absolute Gasteiger partial charge is 0.256 e. The number of morpholine rings is 1. The normalized spacial score (nSPS) is 17.8. The van der Waals surface area contributed by atoms with Crippen LogP contribution in [-0.2, 0) is 9.53 Å². The summed E-state index contributed by atoms with van der Waals surface area (Å²) in [5.41, 5.74) is 1.73. The van der Waals surface area contributed by atoms with Gasteiger partial charge >= 0.3 is 0 Å². The maximum absolute atomic E-state index is 12.1. The highest BCUT2D eigenvalue weighted by molar-refractivity contribution is 5.93. The van der Waals surface area contributed by atoms with Crippen LogP contribution in [0.1, 0.15) is 0 Å². The molecule has 112 valence electrons. The second-order valence-corrected chi connectivity index (χ2v) is 4.80. The molecule has 1 aliphatic rings. The number of rotatable bonds is 3. The molecular formula is C14H14N6O2. The number of nitrogens with one attached hydrogen (secondary N) is 2. The van der Waals surface area contributed by atoms with Crippen LogP contribution in [0.5, 0.6) is 0 Å². The van der Waals surface area contributed by atoms with Gasteiger partial charge in [0, 0.05) is 18.0 Å². The number of anilines is 1. The van der Waals surface area contributed by atoms with Crippen molar-refractivity contribution in [3.63, 3.8) is 0 Å². The zero-order chi connectivity index (χ0) is 15.4. The van der Waals surface area contributed by atoms with Gasteiger partial charge in [0.25, 0.3) is 5.91 Å². The number of nitriles is 1. The van der Waals surface area contributed by atoms with E-state index in [1.807, 2.05) is 18.3 Å². The minimum atomic E-state index is -0.664. The lowest BCUT2D eigenvalue weighted by Gasteiger charge is -2.28. The molecule has 2 N–H and O–H groups in total. The van der Waals surface area contributed by atoms with Crippen LogP contribution in [0.15, 0.2) is 30.6 Å². The van der Waals surface area contributed by atoms with Crippen LogP contribution < -0.4 is 5.32 Å². The molecular weight excluding hydrogens is 284 g/mol. The van der Waals surface area contributed by atoms with Gasteiger partial charge in [-0.3, -0.25) is 9.89 Å². The summed E-state index contributed by atoms with van der Waals surface area (Å²) in [6.07, 6.45) is 4.66. The molecule has 0 bridgehead atoms. The highest BCUT2D eigenvalue weighted by Gasteiger charge is 2.26. The van der Waals surface area contributed by atoms with E-state index in [0.717, 1.165) is 11.3 Å². The minimum absolute atomic E-state index is 0.258. The predicted octanol–water partition coefficient (Wildman–Crippen LogP) is 0.592. The number of aromatic amines is 1. The third kappa shape index (κ3) is 3.05. The maximum atomic E-state index is 12.1. The van der Waals surface area contributed by atoms with E-state index >= 15 is 0 Å². The first kappa shape index (κ1) is 14.0. The highest BCUT2D eigenvalue weighted by Crippen LogP contribution is 2.16. The first-order valence-electron chi connectivity index (χ1n) is 6.79. The molecule has 1 fully saturated rings. The van der Waals surface area contributed by atoms with Crippen LogP contribution in [0.25, 0.3) is 11.3 Å². The van der Waals surface area contributed by atoms with Crippen LogP contribution in [0, 0.1) is 11.5 Å². The number of hydrogen-bond donors (Lipinski definition) is 2. The number of nitrogens with zero attached hydrogens (tertiary/aromatic N) is 4. The molecule has 2 aromatic heterocycles. The molecule has 8 heteroatoms. The van der Waals surface area contributed by atoms with Gasteiger partial charge in [0.1, 0.15) is 5.82 Å². The molecule has 8 nitrogen and oxygen atoms in total. The molecule has 3 rings (SSSR count). The third-order valence-corrected chi connectivity index (χ3v) is 3.33. The maximum Gasteiger partial charge on any atom is 0.256 e. The van der Waals surface area contributed by atoms with Crippen molar-refractivity contribution in [1.82, 2.24) is 20.1 Å². The second kappa shape index (κ2) is 6.24. The first-order valence-corrected chi connectivity index (χ1v) is 6.79. The highest BCUT2D eigenvalue weighted by atomic mass is 16.5. The Bertz CT molecular complexity index is 676. The van der Waals surface area contributed by atoms with Gasteiger partial charge in [0.15, 0.2) is 12.3 Å². The lowest BCUT2D eigenvalue weighted by Crippen LogP contribution is -2.46. The standard InChI is InChI=1S/C14H14N6O2/c15-9-20-5-6-22-12(8-20)14(21)18-13-2-1-10(7-16-13)11-3-4-17-19-11/h1-4,7,12H,5-6,8H2,(H,17,19)(H,16,18,21). The Morgan fingerprint density at radius 2 is 2.41 bits per heavy atom. The van der Waals surface area contributed by atoms with Crippen LogP contribution in [-0.4, -0.2) is 51.8 Å². The molecule has 0 spiro atoms. The summed E-state index contributed by atoms with van der Waals surface area (Å²) >= 11 is 0. The Morgan fingerprint density at radius 3 is 3.09 bits per heavy atom. The number of carbonyl (C=O) groups excluding carboxylic acids is 1. The monoisotopic (exact) mass is 298 g/mol. The fourth-order valence-corrected chi connectivity index (χ4v) is 2.15. The lowest BCUT2D eigenvalue weighted by atomic mass is 10.2. The molecule has 2 aromatic rings. The van der Waals surface area contributed by atoms with Crippen molar-refractivity contribution in [2.24, 2.45) is 0 Å². The van der Waals surface area contributed by atoms with Gasteiger partial charge in [-0.25, -0.2) is 4.98 Å². The third-order valence-electron chi connectivity index (χ3n) is 3.33. The molecule has 1 saturated heterocycles. The molecule has 0 saturated carbocycles. The number of aromatic nitrogens is 3. The quantitative estimate of drug-likeness (QED) is 0.803. The first-order chi connectivity index (χ1) is 10.8. The number of hydrogen-bond acceptors (Lipinski definition) is 6. The van der Waals surface area contributed by atoms with Crippen molar-refractivity contribution in [1.29, 1.82) is 5.26 Å². The van der Waals surface area contributed by atoms with Crippen molar-refractivity contribution in [3.8, 4) is 17.5 Å². The Kier molecular flexibility index (Phi) is 3.98. The number of amides is 1. The second-order valence-electron chi connectivity index (χ2n) is 4.80. The Labute approximate surface area is 126 Å². The largest absolute Gasteiger partial charge is 0.365 e. The van der Waals surface area contributed by atoms with Gasteiger partial charge in [-0.05, 0) is 18.2 Å². The summed E-state index contributed by atoms with van der Waals surface area (Å²) in [6, 6.07) is 5.38. The van der Waals surface area contributed by atoms with E-state index in [1.54, 1.807) is 18.5 Å². The summed E-state index contributed by atoms with van der Waals surface area (Å²) in [6.45, 7) is 1.13. The fourth-order valence-electron chi connectivity index (χ4n) is 2.15. The predicted molar refractivity (Wildman–Crippen MR) is 77.4 cm³/mol. The average molecular weight is 298 g/mol. The number of pyridine rings is 1. The van der Waals surface area contributed by atoms with Gasteiger partial charge in [-0.15, -0.1) is 0 Å². The number of ether oxygens (including phenoxy) is 1. The topological polar surface area (TPSA) is 107 Å². The molecule has 0 aromatic carbocycles. The van der Waals surface area contributed by atoms with E-state index in [4.69, 9.17) is 10.00 Å². The molecule has 1 aliphatic heterocycles. The Hall–Kier alpha value is -2.92. The molecule has 0 aliphatic carbocycles. The Morgan fingerprint density at radius 1 is 1.50 bits per heavy atom. The van der Waals surface area contributed by atoms with E-state index in [1.165, 1.54) is 4.90 Å². The van der Waals surface area contributed by atoms with E-state index in [2.05, 4.69) is 20.5 Å². The lowest BCUT2D eigenvalue weighted by molar-refractivity contribution is -0.131. The summed E-state index contributed by atoms with van der Waals surface area (Å²) < 4.78 is 5.38. The number of carbonyl (C=O) groups is 1. The van der Waals surface area contributed by atoms with Gasteiger partial charge in [-0.2, -0.15) is 10.4 Å². The molecule has 1 atom stereocenters. The zero-order valence-corrected chi connectivity index (χ0v) is 11.7. The van der Waals surface area contributed by atoms with E-state index < -0.39 is 6.10 Å². The van der Waals surface area contributed by atoms with E-state index in [0.29, 0.717) is 19.0 Å². The summed E-state index contributed by atoms with van der Waals surface area (Å²) in [7, 11) is 0. The minimum Gasteiger partial charge on any atom is -0.365 e. The van der Waals surface area contributed by atoms with Crippen molar-refractivity contribution in [3.05, 3.63) is 30.6 Å². The van der Waals surface area contributed by atoms with Gasteiger partial charge in [-0.1, -0.05) is 0 Å². The van der Waals surface area contributed by atoms with Gasteiger partial charge in [0.05, 0.1) is 25.4 Å². The van der Waals surface area contributed by atoms with Crippen molar-refractivity contribution < 1.29 is 9.53 Å². The van der Waals surface area contributed by atoms with Crippen LogP contribution in [0.3, 0.4) is 0 Å². The number of H-pyrrole nitrogens is 1. The Balaban J connectivity index is 1.63. The molecule has 0 radical (unpaired) electrons. The molecule has 1 amide bonds. The fraction of sp³-hybridized carbons (Fsp3) is 0.286. The van der Waals surface area contributed by atoms with Crippen LogP contribution >= 0.6 is 0 Å².